The zero-order chi connectivity index (χ0) is 17.3. The highest BCUT2D eigenvalue weighted by Gasteiger charge is 2.19. The van der Waals surface area contributed by atoms with Crippen LogP contribution in [-0.4, -0.2) is 29.0 Å². The number of carbonyl (C=O) groups excluding carboxylic acids is 2. The molecule has 1 rings (SSSR count). The van der Waals surface area contributed by atoms with E-state index >= 15 is 0 Å². The molecule has 6 heteroatoms. The Morgan fingerprint density at radius 1 is 1.22 bits per heavy atom. The molecule has 23 heavy (non-hydrogen) atoms. The number of alkyl carbamates (subject to hydrolysis) is 1. The van der Waals surface area contributed by atoms with Gasteiger partial charge in [0.2, 0.25) is 0 Å². The molecular weight excluding hydrogens is 362 g/mol. The zero-order valence-corrected chi connectivity index (χ0v) is 15.4. The molecule has 1 N–H and O–H groups in total. The molecule has 0 saturated carbocycles. The SMILES string of the molecule is CC(C)(C)OC(=O)CCC(CBr)NC(=O)OCc1ccccc1. The first-order valence-electron chi connectivity index (χ1n) is 7.55. The van der Waals surface area contributed by atoms with Gasteiger partial charge in [-0.1, -0.05) is 46.3 Å². The summed E-state index contributed by atoms with van der Waals surface area (Å²) in [4.78, 5) is 23.5. The van der Waals surface area contributed by atoms with Gasteiger partial charge in [0.05, 0.1) is 0 Å². The molecule has 1 amide bonds. The van der Waals surface area contributed by atoms with Gasteiger partial charge in [0.1, 0.15) is 12.2 Å². The fraction of sp³-hybridized carbons (Fsp3) is 0.529. The van der Waals surface area contributed by atoms with Gasteiger partial charge >= 0.3 is 12.1 Å². The van der Waals surface area contributed by atoms with Crippen molar-refractivity contribution >= 4 is 28.0 Å². The van der Waals surface area contributed by atoms with E-state index < -0.39 is 11.7 Å². The molecule has 0 radical (unpaired) electrons. The highest BCUT2D eigenvalue weighted by Crippen LogP contribution is 2.11. The first kappa shape index (κ1) is 19.5. The van der Waals surface area contributed by atoms with Crippen LogP contribution in [0.3, 0.4) is 0 Å². The normalized spacial score (nSPS) is 12.3. The minimum Gasteiger partial charge on any atom is -0.460 e. The molecular formula is C17H24BrNO4. The second-order valence-corrected chi connectivity index (χ2v) is 6.83. The molecule has 128 valence electrons. The molecule has 0 heterocycles. The van der Waals surface area contributed by atoms with E-state index in [2.05, 4.69) is 21.2 Å². The summed E-state index contributed by atoms with van der Waals surface area (Å²) < 4.78 is 10.4. The van der Waals surface area contributed by atoms with Crippen molar-refractivity contribution in [3.63, 3.8) is 0 Å². The van der Waals surface area contributed by atoms with Crippen LogP contribution in [-0.2, 0) is 20.9 Å². The Hall–Kier alpha value is -1.56. The van der Waals surface area contributed by atoms with E-state index in [-0.39, 0.29) is 25.0 Å². The molecule has 1 aromatic rings. The van der Waals surface area contributed by atoms with Crippen molar-refractivity contribution in [2.24, 2.45) is 0 Å². The summed E-state index contributed by atoms with van der Waals surface area (Å²) in [6.07, 6.45) is 0.232. The minimum atomic E-state index is -0.498. The van der Waals surface area contributed by atoms with Gasteiger partial charge in [-0.2, -0.15) is 0 Å². The monoisotopic (exact) mass is 385 g/mol. The zero-order valence-electron chi connectivity index (χ0n) is 13.8. The molecule has 0 spiro atoms. The van der Waals surface area contributed by atoms with E-state index in [0.29, 0.717) is 11.8 Å². The number of ether oxygens (including phenoxy) is 2. The number of halogens is 1. The Labute approximate surface area is 145 Å². The van der Waals surface area contributed by atoms with Gasteiger partial charge in [-0.25, -0.2) is 4.79 Å². The molecule has 0 aromatic heterocycles. The van der Waals surface area contributed by atoms with Crippen molar-refractivity contribution in [1.29, 1.82) is 0 Å². The van der Waals surface area contributed by atoms with Gasteiger partial charge in [0.25, 0.3) is 0 Å². The molecule has 0 aliphatic heterocycles. The number of benzene rings is 1. The molecule has 1 aromatic carbocycles. The van der Waals surface area contributed by atoms with Crippen LogP contribution in [0.2, 0.25) is 0 Å². The average molecular weight is 386 g/mol. The van der Waals surface area contributed by atoms with Crippen LogP contribution >= 0.6 is 15.9 Å². The number of nitrogens with one attached hydrogen (secondary N) is 1. The van der Waals surface area contributed by atoms with Crippen LogP contribution in [0.25, 0.3) is 0 Å². The van der Waals surface area contributed by atoms with Gasteiger partial charge in [0, 0.05) is 17.8 Å². The van der Waals surface area contributed by atoms with E-state index in [9.17, 15) is 9.59 Å². The number of esters is 1. The van der Waals surface area contributed by atoms with Gasteiger partial charge in [-0.05, 0) is 32.8 Å². The lowest BCUT2D eigenvalue weighted by atomic mass is 10.1. The maximum absolute atomic E-state index is 11.8. The lowest BCUT2D eigenvalue weighted by Crippen LogP contribution is -2.37. The number of carbonyl (C=O) groups is 2. The average Bonchev–Trinajstić information content (AvgIpc) is 2.48. The second kappa shape index (κ2) is 9.55. The van der Waals surface area contributed by atoms with Crippen LogP contribution < -0.4 is 5.32 Å². The fourth-order valence-corrected chi connectivity index (χ4v) is 2.29. The lowest BCUT2D eigenvalue weighted by molar-refractivity contribution is -0.155. The van der Waals surface area contributed by atoms with E-state index in [0.717, 1.165) is 5.56 Å². The van der Waals surface area contributed by atoms with Gasteiger partial charge in [0.15, 0.2) is 0 Å². The number of hydrogen-bond acceptors (Lipinski definition) is 4. The van der Waals surface area contributed by atoms with Gasteiger partial charge < -0.3 is 14.8 Å². The summed E-state index contributed by atoms with van der Waals surface area (Å²) in [6, 6.07) is 9.26. The van der Waals surface area contributed by atoms with Crippen LogP contribution in [0.15, 0.2) is 30.3 Å². The first-order chi connectivity index (χ1) is 10.8. The summed E-state index contributed by atoms with van der Waals surface area (Å²) in [7, 11) is 0. The van der Waals surface area contributed by atoms with Gasteiger partial charge in [-0.15, -0.1) is 0 Å². The Bertz CT molecular complexity index is 499. The predicted molar refractivity (Wildman–Crippen MR) is 92.4 cm³/mol. The Balaban J connectivity index is 2.32. The van der Waals surface area contributed by atoms with Crippen LogP contribution in [0, 0.1) is 0 Å². The van der Waals surface area contributed by atoms with Crippen LogP contribution in [0.5, 0.6) is 0 Å². The molecule has 5 nitrogen and oxygen atoms in total. The molecule has 0 saturated heterocycles. The van der Waals surface area contributed by atoms with Crippen molar-refractivity contribution in [1.82, 2.24) is 5.32 Å². The quantitative estimate of drug-likeness (QED) is 0.572. The summed E-state index contributed by atoms with van der Waals surface area (Å²) in [5.74, 6) is -0.275. The third-order valence-electron chi connectivity index (χ3n) is 2.84. The highest BCUT2D eigenvalue weighted by molar-refractivity contribution is 9.09. The predicted octanol–water partition coefficient (Wildman–Crippen LogP) is 3.80. The van der Waals surface area contributed by atoms with Crippen molar-refractivity contribution in [3.8, 4) is 0 Å². The van der Waals surface area contributed by atoms with Crippen molar-refractivity contribution < 1.29 is 19.1 Å². The number of hydrogen-bond donors (Lipinski definition) is 1. The molecule has 1 unspecified atom stereocenters. The Morgan fingerprint density at radius 3 is 2.43 bits per heavy atom. The largest absolute Gasteiger partial charge is 0.460 e. The molecule has 0 aliphatic carbocycles. The van der Waals surface area contributed by atoms with E-state index in [1.54, 1.807) is 0 Å². The van der Waals surface area contributed by atoms with Crippen molar-refractivity contribution in [2.75, 3.05) is 5.33 Å². The second-order valence-electron chi connectivity index (χ2n) is 6.18. The summed E-state index contributed by atoms with van der Waals surface area (Å²) in [5.41, 5.74) is 0.426. The van der Waals surface area contributed by atoms with Crippen LogP contribution in [0.1, 0.15) is 39.2 Å². The van der Waals surface area contributed by atoms with E-state index in [1.165, 1.54) is 0 Å². The molecule has 0 aliphatic rings. The minimum absolute atomic E-state index is 0.189. The maximum Gasteiger partial charge on any atom is 0.407 e. The number of amides is 1. The Kier molecular flexibility index (Phi) is 8.09. The van der Waals surface area contributed by atoms with Crippen molar-refractivity contribution in [3.05, 3.63) is 35.9 Å². The molecule has 1 atom stereocenters. The van der Waals surface area contributed by atoms with Crippen LogP contribution in [0.4, 0.5) is 4.79 Å². The van der Waals surface area contributed by atoms with E-state index in [4.69, 9.17) is 9.47 Å². The third kappa shape index (κ3) is 9.23. The summed E-state index contributed by atoms with van der Waals surface area (Å²) in [6.45, 7) is 5.69. The van der Waals surface area contributed by atoms with Gasteiger partial charge in [-0.3, -0.25) is 4.79 Å². The summed E-state index contributed by atoms with van der Waals surface area (Å²) >= 11 is 3.33. The Morgan fingerprint density at radius 2 is 1.87 bits per heavy atom. The number of rotatable bonds is 7. The third-order valence-corrected chi connectivity index (χ3v) is 3.62. The number of alkyl halides is 1. The highest BCUT2D eigenvalue weighted by atomic mass is 79.9. The molecule has 0 fully saturated rings. The van der Waals surface area contributed by atoms with E-state index in [1.807, 2.05) is 51.1 Å². The fourth-order valence-electron chi connectivity index (χ4n) is 1.80. The topological polar surface area (TPSA) is 64.6 Å². The maximum atomic E-state index is 11.8. The van der Waals surface area contributed by atoms with Crippen molar-refractivity contribution in [2.45, 2.75) is 51.9 Å². The smallest absolute Gasteiger partial charge is 0.407 e. The standard InChI is InChI=1S/C17H24BrNO4/c1-17(2,3)23-15(20)10-9-14(11-18)19-16(21)22-12-13-7-5-4-6-8-13/h4-8,14H,9-12H2,1-3H3,(H,19,21). The summed E-state index contributed by atoms with van der Waals surface area (Å²) in [5, 5.41) is 3.28. The first-order valence-corrected chi connectivity index (χ1v) is 8.67. The molecule has 0 bridgehead atoms. The lowest BCUT2D eigenvalue weighted by Gasteiger charge is -2.21.